The Kier molecular flexibility index (Phi) is 6.42. The average Bonchev–Trinajstić information content (AvgIpc) is 3.08. The van der Waals surface area contributed by atoms with Crippen molar-refractivity contribution < 1.29 is 15.0 Å². The van der Waals surface area contributed by atoms with Crippen LogP contribution in [0.15, 0.2) is 49.1 Å². The molecule has 0 spiro atoms. The Morgan fingerprint density at radius 3 is 2.27 bits per heavy atom. The maximum absolute atomic E-state index is 11.2. The van der Waals surface area contributed by atoms with Crippen LogP contribution in [-0.2, 0) is 0 Å². The molecule has 0 radical (unpaired) electrons. The molecule has 3 aromatic rings. The van der Waals surface area contributed by atoms with Crippen LogP contribution >= 0.6 is 0 Å². The first kappa shape index (κ1) is 20.4. The summed E-state index contributed by atoms with van der Waals surface area (Å²) in [5.74, 6) is -0.967. The number of nitrogens with zero attached hydrogens (tertiary/aromatic N) is 2. The van der Waals surface area contributed by atoms with Crippen LogP contribution in [0.1, 0.15) is 44.3 Å². The normalized spacial score (nSPS) is 11.7. The van der Waals surface area contributed by atoms with Crippen LogP contribution in [0.3, 0.4) is 0 Å². The number of carboxylic acids is 1. The number of benzene rings is 2. The third-order valence-electron chi connectivity index (χ3n) is 4.47. The number of aromatic carboxylic acids is 1. The van der Waals surface area contributed by atoms with Crippen molar-refractivity contribution in [2.24, 2.45) is 0 Å². The van der Waals surface area contributed by atoms with Gasteiger partial charge in [0.1, 0.15) is 6.10 Å². The zero-order valence-corrected chi connectivity index (χ0v) is 14.4. The fourth-order valence-corrected chi connectivity index (χ4v) is 3.18. The van der Waals surface area contributed by atoms with Gasteiger partial charge in [-0.15, -0.1) is 0 Å². The molecule has 5 nitrogen and oxygen atoms in total. The van der Waals surface area contributed by atoms with E-state index < -0.39 is 12.1 Å². The van der Waals surface area contributed by atoms with Gasteiger partial charge in [-0.2, -0.15) is 0 Å². The van der Waals surface area contributed by atoms with Crippen LogP contribution < -0.4 is 0 Å². The summed E-state index contributed by atoms with van der Waals surface area (Å²) in [5, 5.41) is 20.2. The molecular weight excluding hydrogens is 339 g/mol. The van der Waals surface area contributed by atoms with E-state index in [0.29, 0.717) is 0 Å². The molecule has 1 atom stereocenters. The third kappa shape index (κ3) is 3.91. The molecule has 130 valence electrons. The predicted molar refractivity (Wildman–Crippen MR) is 102 cm³/mol. The number of aliphatic hydroxyl groups is 1. The van der Waals surface area contributed by atoms with Gasteiger partial charge in [-0.1, -0.05) is 6.07 Å². The van der Waals surface area contributed by atoms with Gasteiger partial charge in [-0.05, 0) is 72.9 Å². The summed E-state index contributed by atoms with van der Waals surface area (Å²) < 4.78 is 1.88. The fraction of sp³-hybridized carbons (Fsp3) is 0.200. The molecule has 2 N–H and O–H groups in total. The van der Waals surface area contributed by atoms with Crippen LogP contribution in [0.4, 0.5) is 0 Å². The quantitative estimate of drug-likeness (QED) is 0.702. The molecule has 1 unspecified atom stereocenters. The van der Waals surface area contributed by atoms with Gasteiger partial charge in [0.15, 0.2) is 0 Å². The Morgan fingerprint density at radius 1 is 1.08 bits per heavy atom. The molecule has 1 heterocycles. The van der Waals surface area contributed by atoms with E-state index in [2.05, 4.69) is 4.98 Å². The van der Waals surface area contributed by atoms with E-state index in [1.54, 1.807) is 24.7 Å². The second kappa shape index (κ2) is 8.18. The number of hydrogen-bond acceptors (Lipinski definition) is 3. The van der Waals surface area contributed by atoms with Crippen LogP contribution in [0.25, 0.3) is 5.69 Å². The monoisotopic (exact) mass is 360 g/mol. The van der Waals surface area contributed by atoms with Crippen molar-refractivity contribution in [1.29, 1.82) is 0 Å². The van der Waals surface area contributed by atoms with Crippen molar-refractivity contribution >= 4 is 35.5 Å². The first-order chi connectivity index (χ1) is 11.9. The minimum atomic E-state index is -0.967. The van der Waals surface area contributed by atoms with Crippen LogP contribution in [0.2, 0.25) is 0 Å². The van der Waals surface area contributed by atoms with E-state index in [4.69, 9.17) is 0 Å². The van der Waals surface area contributed by atoms with Crippen LogP contribution in [0, 0.1) is 20.8 Å². The number of aryl methyl sites for hydroxylation is 3. The van der Waals surface area contributed by atoms with E-state index in [-0.39, 0.29) is 35.1 Å². The fourth-order valence-electron chi connectivity index (χ4n) is 3.18. The predicted octanol–water partition coefficient (Wildman–Crippen LogP) is 2.93. The molecule has 2 aromatic carbocycles. The summed E-state index contributed by atoms with van der Waals surface area (Å²) in [6, 6.07) is 9.07. The van der Waals surface area contributed by atoms with Gasteiger partial charge < -0.3 is 14.8 Å². The molecule has 0 aliphatic rings. The summed E-state index contributed by atoms with van der Waals surface area (Å²) >= 11 is 0. The van der Waals surface area contributed by atoms with E-state index in [0.717, 1.165) is 33.5 Å². The summed E-state index contributed by atoms with van der Waals surface area (Å²) in [5.41, 5.74) is 5.17. The number of hydrogen-bond donors (Lipinski definition) is 2. The molecule has 0 aliphatic carbocycles. The summed E-state index contributed by atoms with van der Waals surface area (Å²) in [4.78, 5) is 15.3. The topological polar surface area (TPSA) is 75.3 Å². The Morgan fingerprint density at radius 2 is 1.73 bits per heavy atom. The van der Waals surface area contributed by atoms with Gasteiger partial charge in [0.2, 0.25) is 0 Å². The van der Waals surface area contributed by atoms with E-state index in [1.807, 2.05) is 49.7 Å². The number of imidazole rings is 1. The standard InChI is InChI=1S/C20H20N2O3.Na.H/c1-12-4-5-16(22-7-6-21-11-22)10-17(12)19(23)18-13(2)8-15(20(24)25)9-14(18)3;;/h4-11,19,23H,1-3H3,(H,24,25);;. The Balaban J connectivity index is 0.00000243. The Bertz CT molecular complexity index is 913. The van der Waals surface area contributed by atoms with Crippen molar-refractivity contribution in [3.05, 3.63) is 82.4 Å². The van der Waals surface area contributed by atoms with Gasteiger partial charge >= 0.3 is 35.5 Å². The molecular formula is C20H21N2NaO3. The van der Waals surface area contributed by atoms with Crippen molar-refractivity contribution in [3.63, 3.8) is 0 Å². The molecule has 0 fully saturated rings. The Labute approximate surface area is 174 Å². The van der Waals surface area contributed by atoms with Crippen LogP contribution in [0.5, 0.6) is 0 Å². The summed E-state index contributed by atoms with van der Waals surface area (Å²) in [6.07, 6.45) is 4.43. The van der Waals surface area contributed by atoms with E-state index >= 15 is 0 Å². The molecule has 6 heteroatoms. The molecule has 3 rings (SSSR count). The number of rotatable bonds is 4. The first-order valence-corrected chi connectivity index (χ1v) is 8.00. The average molecular weight is 360 g/mol. The van der Waals surface area contributed by atoms with Crippen molar-refractivity contribution in [2.75, 3.05) is 0 Å². The number of aromatic nitrogens is 2. The van der Waals surface area contributed by atoms with E-state index in [9.17, 15) is 15.0 Å². The SMILES string of the molecule is Cc1ccc(-n2ccnc2)cc1C(O)c1c(C)cc(C(=O)O)cc1C.[NaH]. The number of aliphatic hydroxyl groups excluding tert-OH is 1. The first-order valence-electron chi connectivity index (χ1n) is 8.00. The second-order valence-electron chi connectivity index (χ2n) is 6.24. The molecule has 0 saturated carbocycles. The molecule has 0 bridgehead atoms. The Hall–Kier alpha value is -1.92. The molecule has 0 amide bonds. The molecule has 0 aliphatic heterocycles. The minimum absolute atomic E-state index is 0. The number of carbonyl (C=O) groups is 1. The maximum atomic E-state index is 11.2. The molecule has 0 saturated heterocycles. The van der Waals surface area contributed by atoms with Gasteiger partial charge in [0.05, 0.1) is 11.9 Å². The summed E-state index contributed by atoms with van der Waals surface area (Å²) in [6.45, 7) is 5.60. The van der Waals surface area contributed by atoms with Crippen LogP contribution in [-0.4, -0.2) is 55.3 Å². The number of carboxylic acid groups (broad SMARTS) is 1. The third-order valence-corrected chi connectivity index (χ3v) is 4.47. The van der Waals surface area contributed by atoms with Crippen molar-refractivity contribution in [3.8, 4) is 5.69 Å². The van der Waals surface area contributed by atoms with Gasteiger partial charge in [0.25, 0.3) is 0 Å². The molecule has 1 aromatic heterocycles. The summed E-state index contributed by atoms with van der Waals surface area (Å²) in [7, 11) is 0. The van der Waals surface area contributed by atoms with Crippen molar-refractivity contribution in [2.45, 2.75) is 26.9 Å². The molecule has 26 heavy (non-hydrogen) atoms. The van der Waals surface area contributed by atoms with E-state index in [1.165, 1.54) is 0 Å². The zero-order chi connectivity index (χ0) is 18.1. The van der Waals surface area contributed by atoms with Crippen molar-refractivity contribution in [1.82, 2.24) is 9.55 Å². The van der Waals surface area contributed by atoms with Gasteiger partial charge in [0, 0.05) is 18.1 Å². The van der Waals surface area contributed by atoms with Gasteiger partial charge in [-0.25, -0.2) is 9.78 Å². The second-order valence-corrected chi connectivity index (χ2v) is 6.24. The zero-order valence-electron chi connectivity index (χ0n) is 14.4. The van der Waals surface area contributed by atoms with Gasteiger partial charge in [-0.3, -0.25) is 0 Å².